The first kappa shape index (κ1) is 15.8. The Hall–Kier alpha value is -1.59. The van der Waals surface area contributed by atoms with Crippen LogP contribution < -0.4 is 5.32 Å². The summed E-state index contributed by atoms with van der Waals surface area (Å²) in [4.78, 5) is 14.5. The number of nitrogens with one attached hydrogen (secondary N) is 1. The predicted octanol–water partition coefficient (Wildman–Crippen LogP) is 2.82. The van der Waals surface area contributed by atoms with Gasteiger partial charge in [0.1, 0.15) is 5.69 Å². The number of halogens is 1. The minimum Gasteiger partial charge on any atom is -0.345 e. The second-order valence-electron chi connectivity index (χ2n) is 5.35. The lowest BCUT2D eigenvalue weighted by atomic mass is 10.1. The highest BCUT2D eigenvalue weighted by Gasteiger charge is 2.18. The largest absolute Gasteiger partial charge is 0.345 e. The molecule has 2 rings (SSSR count). The van der Waals surface area contributed by atoms with E-state index in [4.69, 9.17) is 0 Å². The Morgan fingerprint density at radius 1 is 1.33 bits per heavy atom. The second kappa shape index (κ2) is 6.91. The molecule has 112 valence electrons. The molecule has 1 unspecified atom stereocenters. The maximum absolute atomic E-state index is 12.5. The number of hydrogen-bond acceptors (Lipinski definition) is 2. The van der Waals surface area contributed by atoms with Crippen molar-refractivity contribution in [1.82, 2.24) is 14.8 Å². The maximum atomic E-state index is 12.5. The lowest BCUT2D eigenvalue weighted by molar-refractivity contribution is 0.0921. The van der Waals surface area contributed by atoms with Gasteiger partial charge in [-0.05, 0) is 41.7 Å². The molecule has 0 aliphatic rings. The van der Waals surface area contributed by atoms with Crippen molar-refractivity contribution in [3.8, 4) is 0 Å². The van der Waals surface area contributed by atoms with Crippen LogP contribution in [-0.4, -0.2) is 36.0 Å². The summed E-state index contributed by atoms with van der Waals surface area (Å²) in [6, 6.07) is 11.8. The van der Waals surface area contributed by atoms with Crippen LogP contribution in [0.3, 0.4) is 0 Å². The van der Waals surface area contributed by atoms with Crippen LogP contribution in [0.25, 0.3) is 0 Å². The third-order valence-corrected chi connectivity index (χ3v) is 3.69. The molecule has 0 radical (unpaired) electrons. The zero-order chi connectivity index (χ0) is 15.4. The highest BCUT2D eigenvalue weighted by molar-refractivity contribution is 9.10. The molecule has 1 aromatic carbocycles. The monoisotopic (exact) mass is 349 g/mol. The van der Waals surface area contributed by atoms with Crippen LogP contribution in [0.5, 0.6) is 0 Å². The number of carbonyl (C=O) groups excluding carboxylic acids is 1. The number of hydrogen-bond donors (Lipinski definition) is 1. The first-order valence-corrected chi connectivity index (χ1v) is 7.59. The minimum atomic E-state index is -0.0705. The molecule has 1 N–H and O–H groups in total. The molecule has 5 heteroatoms. The topological polar surface area (TPSA) is 37.3 Å². The Bertz CT molecular complexity index is 607. The fraction of sp³-hybridized carbons (Fsp3) is 0.312. The second-order valence-corrected chi connectivity index (χ2v) is 6.27. The van der Waals surface area contributed by atoms with Gasteiger partial charge in [-0.2, -0.15) is 0 Å². The Balaban J connectivity index is 2.19. The van der Waals surface area contributed by atoms with Gasteiger partial charge in [0.2, 0.25) is 0 Å². The Morgan fingerprint density at radius 2 is 2.00 bits per heavy atom. The predicted molar refractivity (Wildman–Crippen MR) is 88.3 cm³/mol. The first-order valence-electron chi connectivity index (χ1n) is 6.80. The van der Waals surface area contributed by atoms with E-state index in [0.717, 1.165) is 16.6 Å². The van der Waals surface area contributed by atoms with E-state index in [1.807, 2.05) is 68.3 Å². The van der Waals surface area contributed by atoms with Gasteiger partial charge in [0, 0.05) is 24.3 Å². The number of aryl methyl sites for hydroxylation is 1. The fourth-order valence-corrected chi connectivity index (χ4v) is 2.79. The Kier molecular flexibility index (Phi) is 5.20. The molecule has 4 nitrogen and oxygen atoms in total. The molecular weight excluding hydrogens is 330 g/mol. The molecule has 21 heavy (non-hydrogen) atoms. The average Bonchev–Trinajstić information content (AvgIpc) is 2.77. The molecule has 0 saturated carbocycles. The molecule has 0 fully saturated rings. The number of nitrogens with zero attached hydrogens (tertiary/aromatic N) is 2. The zero-order valence-electron chi connectivity index (χ0n) is 12.5. The molecule has 1 atom stereocenters. The fourth-order valence-electron chi connectivity index (χ4n) is 2.27. The van der Waals surface area contributed by atoms with Crippen molar-refractivity contribution in [3.63, 3.8) is 0 Å². The van der Waals surface area contributed by atoms with E-state index in [0.29, 0.717) is 5.69 Å². The lowest BCUT2D eigenvalue weighted by Crippen LogP contribution is -2.36. The number of benzene rings is 1. The smallest absolute Gasteiger partial charge is 0.268 e. The SMILES string of the molecule is CN(C)CC(NC(=O)c1cc(Br)cn1C)c1ccccc1. The summed E-state index contributed by atoms with van der Waals surface area (Å²) in [5, 5.41) is 3.11. The van der Waals surface area contributed by atoms with Crippen molar-refractivity contribution in [2.24, 2.45) is 7.05 Å². The Morgan fingerprint density at radius 3 is 2.52 bits per heavy atom. The normalized spacial score (nSPS) is 12.4. The third-order valence-electron chi connectivity index (χ3n) is 3.26. The van der Waals surface area contributed by atoms with Crippen molar-refractivity contribution in [3.05, 3.63) is 58.3 Å². The average molecular weight is 350 g/mol. The van der Waals surface area contributed by atoms with E-state index in [-0.39, 0.29) is 11.9 Å². The molecule has 0 spiro atoms. The summed E-state index contributed by atoms with van der Waals surface area (Å²) >= 11 is 3.39. The van der Waals surface area contributed by atoms with E-state index in [1.165, 1.54) is 0 Å². The number of aromatic nitrogens is 1. The van der Waals surface area contributed by atoms with Gasteiger partial charge in [-0.3, -0.25) is 4.79 Å². The van der Waals surface area contributed by atoms with Gasteiger partial charge in [-0.15, -0.1) is 0 Å². The number of likely N-dealkylation sites (N-methyl/N-ethyl adjacent to an activating group) is 1. The van der Waals surface area contributed by atoms with Gasteiger partial charge in [-0.25, -0.2) is 0 Å². The summed E-state index contributed by atoms with van der Waals surface area (Å²) in [5.41, 5.74) is 1.74. The van der Waals surface area contributed by atoms with Crippen LogP contribution in [-0.2, 0) is 7.05 Å². The Labute approximate surface area is 133 Å². The summed E-state index contributed by atoms with van der Waals surface area (Å²) in [6.45, 7) is 0.751. The van der Waals surface area contributed by atoms with Gasteiger partial charge in [0.15, 0.2) is 0 Å². The van der Waals surface area contributed by atoms with E-state index in [1.54, 1.807) is 0 Å². The standard InChI is InChI=1S/C16H20BrN3O/c1-19(2)11-14(12-7-5-4-6-8-12)18-16(21)15-9-13(17)10-20(15)3/h4-10,14H,11H2,1-3H3,(H,18,21). The molecule has 1 heterocycles. The molecule has 0 bridgehead atoms. The first-order chi connectivity index (χ1) is 9.97. The summed E-state index contributed by atoms with van der Waals surface area (Å²) in [6.07, 6.45) is 1.87. The minimum absolute atomic E-state index is 0.0395. The maximum Gasteiger partial charge on any atom is 0.268 e. The van der Waals surface area contributed by atoms with Crippen molar-refractivity contribution >= 4 is 21.8 Å². The summed E-state index contributed by atoms with van der Waals surface area (Å²) in [7, 11) is 5.87. The van der Waals surface area contributed by atoms with Gasteiger partial charge in [-0.1, -0.05) is 30.3 Å². The van der Waals surface area contributed by atoms with Crippen LogP contribution in [0.2, 0.25) is 0 Å². The van der Waals surface area contributed by atoms with Crippen LogP contribution >= 0.6 is 15.9 Å². The van der Waals surface area contributed by atoms with Crippen LogP contribution in [0.15, 0.2) is 47.1 Å². The molecule has 0 aliphatic heterocycles. The molecule has 1 aromatic heterocycles. The molecule has 0 aliphatic carbocycles. The number of rotatable bonds is 5. The van der Waals surface area contributed by atoms with Crippen molar-refractivity contribution in [2.75, 3.05) is 20.6 Å². The highest BCUT2D eigenvalue weighted by atomic mass is 79.9. The lowest BCUT2D eigenvalue weighted by Gasteiger charge is -2.23. The van der Waals surface area contributed by atoms with Gasteiger partial charge in [0.25, 0.3) is 5.91 Å². The summed E-state index contributed by atoms with van der Waals surface area (Å²) in [5.74, 6) is -0.0705. The van der Waals surface area contributed by atoms with E-state index in [2.05, 4.69) is 26.1 Å². The van der Waals surface area contributed by atoms with Crippen LogP contribution in [0.4, 0.5) is 0 Å². The van der Waals surface area contributed by atoms with Gasteiger partial charge < -0.3 is 14.8 Å². The summed E-state index contributed by atoms with van der Waals surface area (Å²) < 4.78 is 2.72. The van der Waals surface area contributed by atoms with Gasteiger partial charge >= 0.3 is 0 Å². The molecule has 1 amide bonds. The number of carbonyl (C=O) groups is 1. The molecule has 0 saturated heterocycles. The van der Waals surface area contributed by atoms with Crippen molar-refractivity contribution in [1.29, 1.82) is 0 Å². The quantitative estimate of drug-likeness (QED) is 0.901. The van der Waals surface area contributed by atoms with Crippen molar-refractivity contribution < 1.29 is 4.79 Å². The molecular formula is C16H20BrN3O. The van der Waals surface area contributed by atoms with E-state index >= 15 is 0 Å². The van der Waals surface area contributed by atoms with E-state index in [9.17, 15) is 4.79 Å². The zero-order valence-corrected chi connectivity index (χ0v) is 14.1. The van der Waals surface area contributed by atoms with Crippen LogP contribution in [0.1, 0.15) is 22.1 Å². The number of amides is 1. The third kappa shape index (κ3) is 4.19. The van der Waals surface area contributed by atoms with Gasteiger partial charge in [0.05, 0.1) is 6.04 Å². The van der Waals surface area contributed by atoms with Crippen molar-refractivity contribution in [2.45, 2.75) is 6.04 Å². The van der Waals surface area contributed by atoms with Crippen LogP contribution in [0, 0.1) is 0 Å². The van der Waals surface area contributed by atoms with E-state index < -0.39 is 0 Å². The molecule has 2 aromatic rings. The highest BCUT2D eigenvalue weighted by Crippen LogP contribution is 2.17.